The van der Waals surface area contributed by atoms with E-state index in [-0.39, 0.29) is 0 Å². The van der Waals surface area contributed by atoms with Crippen LogP contribution < -0.4 is 4.40 Å². The highest BCUT2D eigenvalue weighted by molar-refractivity contribution is 5.28. The Labute approximate surface area is 60.7 Å². The van der Waals surface area contributed by atoms with Crippen molar-refractivity contribution in [2.24, 2.45) is 7.05 Å². The van der Waals surface area contributed by atoms with Crippen LogP contribution in [0.5, 0.6) is 0 Å². The molecule has 0 aliphatic heterocycles. The molecule has 2 aromatic rings. The SMILES string of the molecule is [2H]c1cn(C)c2cccc[n+]12. The lowest BCUT2D eigenvalue weighted by molar-refractivity contribution is -0.510. The van der Waals surface area contributed by atoms with Crippen LogP contribution in [0.2, 0.25) is 0 Å². The lowest BCUT2D eigenvalue weighted by Crippen LogP contribution is -2.17. The number of aryl methyl sites for hydroxylation is 1. The number of imidazole rings is 1. The third-order valence-corrected chi connectivity index (χ3v) is 1.59. The molecule has 2 rings (SSSR count). The molecule has 0 N–H and O–H groups in total. The fraction of sp³-hybridized carbons (Fsp3) is 0.125. The summed E-state index contributed by atoms with van der Waals surface area (Å²) >= 11 is 0. The molecule has 0 radical (unpaired) electrons. The van der Waals surface area contributed by atoms with E-state index in [0.717, 1.165) is 5.65 Å². The molecule has 2 aromatic heterocycles. The minimum absolute atomic E-state index is 0.517. The highest BCUT2D eigenvalue weighted by atomic mass is 15.1. The van der Waals surface area contributed by atoms with E-state index in [1.54, 1.807) is 6.20 Å². The van der Waals surface area contributed by atoms with Gasteiger partial charge in [-0.1, -0.05) is 6.07 Å². The third kappa shape index (κ3) is 0.620. The summed E-state index contributed by atoms with van der Waals surface area (Å²) in [7, 11) is 1.94. The summed E-state index contributed by atoms with van der Waals surface area (Å²) in [5.41, 5.74) is 1.04. The maximum Gasteiger partial charge on any atom is 0.285 e. The Hall–Kier alpha value is -1.31. The fourth-order valence-corrected chi connectivity index (χ4v) is 1.05. The van der Waals surface area contributed by atoms with Gasteiger partial charge in [-0.3, -0.25) is 0 Å². The van der Waals surface area contributed by atoms with Crippen molar-refractivity contribution in [1.82, 2.24) is 4.57 Å². The molecule has 0 saturated carbocycles. The van der Waals surface area contributed by atoms with Gasteiger partial charge >= 0.3 is 0 Å². The molecular weight excluding hydrogens is 124 g/mol. The number of fused-ring (bicyclic) bond motifs is 1. The quantitative estimate of drug-likeness (QED) is 0.470. The first-order valence-corrected chi connectivity index (χ1v) is 3.21. The van der Waals surface area contributed by atoms with Gasteiger partial charge in [0, 0.05) is 6.07 Å². The summed E-state index contributed by atoms with van der Waals surface area (Å²) < 4.78 is 11.3. The number of rotatable bonds is 0. The zero-order valence-electron chi connectivity index (χ0n) is 6.78. The molecule has 10 heavy (non-hydrogen) atoms. The third-order valence-electron chi connectivity index (χ3n) is 1.59. The van der Waals surface area contributed by atoms with Gasteiger partial charge in [-0.2, -0.15) is 0 Å². The van der Waals surface area contributed by atoms with Crippen LogP contribution in [0.15, 0.2) is 36.8 Å². The van der Waals surface area contributed by atoms with Gasteiger partial charge in [-0.25, -0.2) is 8.97 Å². The molecule has 0 aromatic carbocycles. The van der Waals surface area contributed by atoms with E-state index in [1.165, 1.54) is 0 Å². The number of pyridine rings is 1. The molecular formula is C8H9N2+. The highest BCUT2D eigenvalue weighted by Crippen LogP contribution is 1.92. The lowest BCUT2D eigenvalue weighted by Gasteiger charge is -1.84. The Bertz CT molecular complexity index is 356. The molecule has 50 valence electrons. The summed E-state index contributed by atoms with van der Waals surface area (Å²) in [6.45, 7) is 0. The van der Waals surface area contributed by atoms with Gasteiger partial charge in [0.2, 0.25) is 0 Å². The first-order chi connectivity index (χ1) is 5.29. The molecule has 0 aliphatic rings. The molecule has 2 heteroatoms. The average Bonchev–Trinajstić information content (AvgIpc) is 2.30. The van der Waals surface area contributed by atoms with E-state index in [0.29, 0.717) is 6.17 Å². The Morgan fingerprint density at radius 3 is 3.30 bits per heavy atom. The highest BCUT2D eigenvalue weighted by Gasteiger charge is 2.00. The smallest absolute Gasteiger partial charge is 0.233 e. The fourth-order valence-electron chi connectivity index (χ4n) is 1.05. The van der Waals surface area contributed by atoms with Gasteiger partial charge < -0.3 is 0 Å². The summed E-state index contributed by atoms with van der Waals surface area (Å²) in [5, 5.41) is 0. The van der Waals surface area contributed by atoms with Crippen LogP contribution >= 0.6 is 0 Å². The zero-order chi connectivity index (χ0) is 7.84. The second-order valence-electron chi connectivity index (χ2n) is 2.30. The van der Waals surface area contributed by atoms with Crippen LogP contribution in [0.4, 0.5) is 0 Å². The van der Waals surface area contributed by atoms with Crippen LogP contribution in [-0.2, 0) is 7.05 Å². The van der Waals surface area contributed by atoms with E-state index >= 15 is 0 Å². The Kier molecular flexibility index (Phi) is 0.826. The van der Waals surface area contributed by atoms with Crippen molar-refractivity contribution in [1.29, 1.82) is 0 Å². The first kappa shape index (κ1) is 4.50. The van der Waals surface area contributed by atoms with Crippen molar-refractivity contribution in [3.63, 3.8) is 0 Å². The monoisotopic (exact) mass is 134 g/mol. The van der Waals surface area contributed by atoms with Crippen molar-refractivity contribution in [2.45, 2.75) is 0 Å². The van der Waals surface area contributed by atoms with E-state index in [2.05, 4.69) is 0 Å². The molecule has 0 fully saturated rings. The molecule has 0 saturated heterocycles. The molecule has 0 aliphatic carbocycles. The number of hydrogen-bond donors (Lipinski definition) is 0. The molecule has 0 spiro atoms. The Balaban J connectivity index is 2.95. The second kappa shape index (κ2) is 1.84. The number of nitrogens with zero attached hydrogens (tertiary/aromatic N) is 2. The normalized spacial score (nSPS) is 11.9. The van der Waals surface area contributed by atoms with Crippen molar-refractivity contribution >= 4 is 5.65 Å². The van der Waals surface area contributed by atoms with Crippen molar-refractivity contribution in [3.8, 4) is 0 Å². The van der Waals surface area contributed by atoms with Crippen molar-refractivity contribution in [3.05, 3.63) is 36.8 Å². The largest absolute Gasteiger partial charge is 0.285 e. The van der Waals surface area contributed by atoms with Crippen LogP contribution in [-0.4, -0.2) is 4.57 Å². The molecule has 0 bridgehead atoms. The Morgan fingerprint density at radius 1 is 1.60 bits per heavy atom. The van der Waals surface area contributed by atoms with Crippen LogP contribution in [0.3, 0.4) is 0 Å². The second-order valence-corrected chi connectivity index (χ2v) is 2.30. The maximum atomic E-state index is 7.53. The van der Waals surface area contributed by atoms with Crippen LogP contribution in [0, 0.1) is 0 Å². The zero-order valence-corrected chi connectivity index (χ0v) is 5.78. The predicted molar refractivity (Wildman–Crippen MR) is 38.6 cm³/mol. The van der Waals surface area contributed by atoms with Crippen LogP contribution in [0.1, 0.15) is 1.37 Å². The van der Waals surface area contributed by atoms with Gasteiger partial charge in [0.1, 0.15) is 13.7 Å². The average molecular weight is 134 g/mol. The van der Waals surface area contributed by atoms with Crippen molar-refractivity contribution < 1.29 is 5.77 Å². The summed E-state index contributed by atoms with van der Waals surface area (Å²) in [6.07, 6.45) is 4.19. The van der Waals surface area contributed by atoms with Gasteiger partial charge in [-0.05, 0) is 6.07 Å². The minimum Gasteiger partial charge on any atom is -0.233 e. The van der Waals surface area contributed by atoms with Gasteiger partial charge in [0.15, 0.2) is 0 Å². The van der Waals surface area contributed by atoms with E-state index in [9.17, 15) is 0 Å². The number of hydrogen-bond acceptors (Lipinski definition) is 0. The standard InChI is InChI=1S/C8H9N2/c1-9-6-7-10-5-3-2-4-8(9)10/h2-7H,1H3/q+1/i7D. The summed E-state index contributed by atoms with van der Waals surface area (Å²) in [5.74, 6) is 0. The Morgan fingerprint density at radius 2 is 2.50 bits per heavy atom. The van der Waals surface area contributed by atoms with Gasteiger partial charge in [0.25, 0.3) is 5.65 Å². The van der Waals surface area contributed by atoms with Gasteiger partial charge in [0.05, 0.1) is 13.2 Å². The van der Waals surface area contributed by atoms with E-state index in [4.69, 9.17) is 1.37 Å². The molecule has 0 atom stereocenters. The first-order valence-electron chi connectivity index (χ1n) is 3.71. The molecule has 0 amide bonds. The van der Waals surface area contributed by atoms with E-state index in [1.807, 2.05) is 40.4 Å². The minimum atomic E-state index is 0.517. The number of aromatic nitrogens is 2. The summed E-state index contributed by atoms with van der Waals surface area (Å²) in [6, 6.07) is 5.87. The predicted octanol–water partition coefficient (Wildman–Crippen LogP) is 0.764. The summed E-state index contributed by atoms with van der Waals surface area (Å²) in [4.78, 5) is 0. The van der Waals surface area contributed by atoms with E-state index < -0.39 is 0 Å². The maximum absolute atomic E-state index is 7.53. The lowest BCUT2D eigenvalue weighted by atomic mass is 10.5. The van der Waals surface area contributed by atoms with Crippen LogP contribution in [0.25, 0.3) is 5.65 Å². The topological polar surface area (TPSA) is 9.03 Å². The molecule has 2 nitrogen and oxygen atoms in total. The van der Waals surface area contributed by atoms with Crippen molar-refractivity contribution in [2.75, 3.05) is 0 Å². The van der Waals surface area contributed by atoms with Gasteiger partial charge in [-0.15, -0.1) is 0 Å². The molecule has 0 unspecified atom stereocenters. The molecule has 2 heterocycles.